The lowest BCUT2D eigenvalue weighted by Gasteiger charge is -2.65. The average molecular weight is 247 g/mol. The quantitative estimate of drug-likeness (QED) is 0.666. The van der Waals surface area contributed by atoms with E-state index in [9.17, 15) is 15.0 Å². The smallest absolute Gasteiger partial charge is 0.257 e. The molecule has 10 atom stereocenters. The molecule has 4 bridgehead atoms. The normalized spacial score (nSPS) is 75.9. The van der Waals surface area contributed by atoms with E-state index < -0.39 is 11.3 Å². The fraction of sp³-hybridized carbons (Fsp3) is 0.929. The van der Waals surface area contributed by atoms with Gasteiger partial charge in [0.2, 0.25) is 0 Å². The minimum absolute atomic E-state index is 0.0767. The van der Waals surface area contributed by atoms with E-state index in [2.05, 4.69) is 0 Å². The van der Waals surface area contributed by atoms with Crippen LogP contribution in [0.2, 0.25) is 0 Å². The molecule has 96 valence electrons. The number of nitrogens with zero attached hydrogens (tertiary/aromatic N) is 1. The average Bonchev–Trinajstić information content (AvgIpc) is 2.80. The second kappa shape index (κ2) is 2.06. The van der Waals surface area contributed by atoms with Gasteiger partial charge in [-0.05, 0) is 37.0 Å². The Morgan fingerprint density at radius 2 is 1.83 bits per heavy atom. The summed E-state index contributed by atoms with van der Waals surface area (Å²) in [5.74, 6) is 2.66. The Hall–Kier alpha value is -0.610. The highest BCUT2D eigenvalue weighted by Gasteiger charge is 2.96. The topological polar surface area (TPSA) is 60.8 Å². The molecule has 1 amide bonds. The van der Waals surface area contributed by atoms with Crippen LogP contribution in [0, 0.1) is 47.3 Å². The van der Waals surface area contributed by atoms with Gasteiger partial charge in [-0.3, -0.25) is 4.79 Å². The predicted octanol–water partition coefficient (Wildman–Crippen LogP) is -0.344. The number of amides is 1. The van der Waals surface area contributed by atoms with Crippen molar-refractivity contribution in [3.63, 3.8) is 0 Å². The molecule has 18 heavy (non-hydrogen) atoms. The van der Waals surface area contributed by atoms with Gasteiger partial charge in [0.25, 0.3) is 5.91 Å². The van der Waals surface area contributed by atoms with E-state index in [1.165, 1.54) is 0 Å². The van der Waals surface area contributed by atoms with E-state index in [-0.39, 0.29) is 29.6 Å². The monoisotopic (exact) mass is 247 g/mol. The maximum Gasteiger partial charge on any atom is 0.257 e. The Morgan fingerprint density at radius 1 is 1.17 bits per heavy atom. The van der Waals surface area contributed by atoms with Gasteiger partial charge in [0, 0.05) is 30.2 Å². The molecule has 0 aromatic carbocycles. The van der Waals surface area contributed by atoms with Gasteiger partial charge >= 0.3 is 0 Å². The maximum absolute atomic E-state index is 12.6. The van der Waals surface area contributed by atoms with Crippen molar-refractivity contribution < 1.29 is 15.0 Å². The van der Waals surface area contributed by atoms with Crippen LogP contribution in [0.15, 0.2) is 0 Å². The van der Waals surface area contributed by atoms with Crippen molar-refractivity contribution in [3.05, 3.63) is 0 Å². The van der Waals surface area contributed by atoms with Crippen LogP contribution >= 0.6 is 0 Å². The van der Waals surface area contributed by atoms with Crippen LogP contribution in [0.1, 0.15) is 13.3 Å². The first-order chi connectivity index (χ1) is 8.57. The molecule has 2 aliphatic heterocycles. The lowest BCUT2D eigenvalue weighted by Crippen LogP contribution is -2.80. The maximum atomic E-state index is 12.6. The summed E-state index contributed by atoms with van der Waals surface area (Å²) in [5.41, 5.74) is -2.00. The number of rotatable bonds is 1. The first-order valence-electron chi connectivity index (χ1n) is 7.34. The summed E-state index contributed by atoms with van der Waals surface area (Å²) in [4.78, 5) is 14.2. The third-order valence-electron chi connectivity index (χ3n) is 7.84. The Kier molecular flexibility index (Phi) is 1.07. The lowest BCUT2D eigenvalue weighted by atomic mass is 9.50. The van der Waals surface area contributed by atoms with Crippen molar-refractivity contribution in [2.45, 2.75) is 24.7 Å². The molecule has 7 aliphatic rings. The zero-order valence-corrected chi connectivity index (χ0v) is 10.3. The van der Waals surface area contributed by atoms with Crippen molar-refractivity contribution in [2.24, 2.45) is 47.3 Å². The van der Waals surface area contributed by atoms with Gasteiger partial charge in [-0.25, -0.2) is 0 Å². The molecule has 0 aromatic rings. The third kappa shape index (κ3) is 0.481. The van der Waals surface area contributed by atoms with Gasteiger partial charge in [0.1, 0.15) is 11.3 Å². The van der Waals surface area contributed by atoms with Crippen molar-refractivity contribution in [2.75, 3.05) is 6.54 Å². The molecule has 0 spiro atoms. The molecule has 5 aliphatic carbocycles. The molecule has 0 aromatic heterocycles. The summed E-state index contributed by atoms with van der Waals surface area (Å²) < 4.78 is 0. The number of carbonyl (C=O) groups excluding carboxylic acids is 1. The van der Waals surface area contributed by atoms with Crippen LogP contribution in [0.25, 0.3) is 0 Å². The van der Waals surface area contributed by atoms with Gasteiger partial charge in [-0.1, -0.05) is 0 Å². The molecule has 7 fully saturated rings. The minimum Gasteiger partial charge on any atom is -0.379 e. The van der Waals surface area contributed by atoms with Gasteiger partial charge in [-0.15, -0.1) is 0 Å². The van der Waals surface area contributed by atoms with Gasteiger partial charge < -0.3 is 15.1 Å². The van der Waals surface area contributed by atoms with Crippen LogP contribution in [-0.2, 0) is 4.79 Å². The molecule has 4 heteroatoms. The number of fused-ring (bicyclic) bond motifs is 1. The van der Waals surface area contributed by atoms with E-state index in [0.717, 1.165) is 6.42 Å². The highest BCUT2D eigenvalue weighted by Crippen LogP contribution is 2.89. The summed E-state index contributed by atoms with van der Waals surface area (Å²) in [7, 11) is 0. The van der Waals surface area contributed by atoms with E-state index in [0.29, 0.717) is 30.2 Å². The highest BCUT2D eigenvalue weighted by molar-refractivity contribution is 5.91. The van der Waals surface area contributed by atoms with Gasteiger partial charge in [-0.2, -0.15) is 0 Å². The summed E-state index contributed by atoms with van der Waals surface area (Å²) in [6, 6.07) is 0. The molecule has 5 saturated carbocycles. The van der Waals surface area contributed by atoms with E-state index in [4.69, 9.17) is 0 Å². The second-order valence-corrected chi connectivity index (χ2v) is 7.48. The van der Waals surface area contributed by atoms with Gasteiger partial charge in [0.05, 0.1) is 0 Å². The first kappa shape index (κ1) is 9.32. The summed E-state index contributed by atoms with van der Waals surface area (Å²) in [6.07, 6.45) is 1.16. The fourth-order valence-electron chi connectivity index (χ4n) is 8.01. The molecule has 2 heterocycles. The summed E-state index contributed by atoms with van der Waals surface area (Å²) in [5, 5.41) is 22.3. The molecule has 0 radical (unpaired) electrons. The highest BCUT2D eigenvalue weighted by atomic mass is 16.3. The number of carbonyl (C=O) groups is 1. The number of piperidine rings is 2. The Labute approximate surface area is 105 Å². The first-order valence-corrected chi connectivity index (χ1v) is 7.34. The summed E-state index contributed by atoms with van der Waals surface area (Å²) in [6.45, 7) is 2.44. The molecule has 2 N–H and O–H groups in total. The van der Waals surface area contributed by atoms with E-state index in [1.807, 2.05) is 6.92 Å². The van der Waals surface area contributed by atoms with Crippen molar-refractivity contribution in [3.8, 4) is 0 Å². The van der Waals surface area contributed by atoms with E-state index in [1.54, 1.807) is 4.90 Å². The SMILES string of the molecule is CCN1C(=O)C2(O)[C@@H]3[C@@H]4C[C@@H]5[C@H]6[C@@H]4[C@@H]2[C@H]6C1(O)[C@@H]53. The largest absolute Gasteiger partial charge is 0.379 e. The molecule has 2 unspecified atom stereocenters. The zero-order valence-electron chi connectivity index (χ0n) is 10.3. The van der Waals surface area contributed by atoms with Crippen LogP contribution in [-0.4, -0.2) is 38.9 Å². The number of hydrogen-bond donors (Lipinski definition) is 2. The number of hydrogen-bond acceptors (Lipinski definition) is 3. The second-order valence-electron chi connectivity index (χ2n) is 7.48. The molecular formula is C14H17NO3. The fourth-order valence-corrected chi connectivity index (χ4v) is 8.01. The Bertz CT molecular complexity index is 535. The number of aliphatic hydroxyl groups is 2. The van der Waals surface area contributed by atoms with Crippen molar-refractivity contribution in [1.29, 1.82) is 0 Å². The minimum atomic E-state index is -1.10. The molecule has 4 nitrogen and oxygen atoms in total. The van der Waals surface area contributed by atoms with Crippen molar-refractivity contribution in [1.82, 2.24) is 4.90 Å². The number of likely N-dealkylation sites (N-methyl/N-ethyl adjacent to an activating group) is 1. The van der Waals surface area contributed by atoms with E-state index >= 15 is 0 Å². The van der Waals surface area contributed by atoms with Crippen LogP contribution < -0.4 is 0 Å². The molecular weight excluding hydrogens is 230 g/mol. The van der Waals surface area contributed by atoms with Crippen LogP contribution in [0.4, 0.5) is 0 Å². The standard InChI is InChI=1S/C14H17NO3/c1-2-15-12(16)13(17)8-4-3-5-7-6(4)10(13)11(7)14(15,18)9(5)8/h4-11,17-18H,2-3H2,1H3/t4-,5-,6-,7+,8-,9+,10-,11+,13?,14?/m1/s1. The van der Waals surface area contributed by atoms with Gasteiger partial charge in [0.15, 0.2) is 0 Å². The lowest BCUT2D eigenvalue weighted by molar-refractivity contribution is -0.301. The Morgan fingerprint density at radius 3 is 2.56 bits per heavy atom. The summed E-state index contributed by atoms with van der Waals surface area (Å²) >= 11 is 0. The zero-order chi connectivity index (χ0) is 12.2. The van der Waals surface area contributed by atoms with Crippen LogP contribution in [0.3, 0.4) is 0 Å². The molecule has 7 rings (SSSR count). The molecule has 2 saturated heterocycles. The third-order valence-corrected chi connectivity index (χ3v) is 7.84. The van der Waals surface area contributed by atoms with Crippen LogP contribution in [0.5, 0.6) is 0 Å². The predicted molar refractivity (Wildman–Crippen MR) is 59.8 cm³/mol. The Balaban J connectivity index is 1.72. The van der Waals surface area contributed by atoms with Crippen molar-refractivity contribution >= 4 is 5.91 Å².